The lowest BCUT2D eigenvalue weighted by atomic mass is 10.2. The fourth-order valence-corrected chi connectivity index (χ4v) is 2.22. The maximum absolute atomic E-state index is 4.27. The lowest BCUT2D eigenvalue weighted by Crippen LogP contribution is -1.72. The Morgan fingerprint density at radius 2 is 2.36 bits per heavy atom. The Hall–Kier alpha value is -0.410. The molecule has 2 aromatic rings. The molecular formula is C8H6BrNS. The molecule has 0 N–H and O–H groups in total. The molecule has 0 saturated carbocycles. The lowest BCUT2D eigenvalue weighted by molar-refractivity contribution is 1.41. The highest BCUT2D eigenvalue weighted by molar-refractivity contribution is 9.10. The summed E-state index contributed by atoms with van der Waals surface area (Å²) in [4.78, 5) is 5.39. The van der Waals surface area contributed by atoms with Gasteiger partial charge >= 0.3 is 0 Å². The molecule has 56 valence electrons. The maximum atomic E-state index is 4.27. The van der Waals surface area contributed by atoms with Crippen molar-refractivity contribution in [1.82, 2.24) is 4.98 Å². The zero-order valence-corrected chi connectivity index (χ0v) is 8.37. The predicted octanol–water partition coefficient (Wildman–Crippen LogP) is 3.37. The van der Waals surface area contributed by atoms with Crippen LogP contribution in [-0.2, 0) is 0 Å². The number of pyridine rings is 1. The van der Waals surface area contributed by atoms with Crippen molar-refractivity contribution in [1.29, 1.82) is 0 Å². The van der Waals surface area contributed by atoms with Gasteiger partial charge in [-0.3, -0.25) is 0 Å². The van der Waals surface area contributed by atoms with Gasteiger partial charge in [0.1, 0.15) is 4.83 Å². The standard InChI is InChI=1S/C8H6BrNS/c1-5-4-11-8-7(5)2-6(9)3-10-8/h2-4H,1H3. The average Bonchev–Trinajstić information content (AvgIpc) is 2.33. The molecule has 3 heteroatoms. The highest BCUT2D eigenvalue weighted by Gasteiger charge is 2.00. The zero-order valence-electron chi connectivity index (χ0n) is 5.97. The molecule has 0 saturated heterocycles. The van der Waals surface area contributed by atoms with Crippen molar-refractivity contribution in [2.45, 2.75) is 6.92 Å². The molecule has 0 unspecified atom stereocenters. The van der Waals surface area contributed by atoms with E-state index in [2.05, 4.69) is 39.3 Å². The number of aryl methyl sites for hydroxylation is 1. The summed E-state index contributed by atoms with van der Waals surface area (Å²) < 4.78 is 1.05. The first-order valence-corrected chi connectivity index (χ1v) is 4.94. The molecule has 2 aromatic heterocycles. The molecule has 0 atom stereocenters. The molecule has 0 aliphatic carbocycles. The molecule has 0 radical (unpaired) electrons. The number of thiophene rings is 1. The van der Waals surface area contributed by atoms with Crippen LogP contribution in [0.1, 0.15) is 5.56 Å². The largest absolute Gasteiger partial charge is 0.244 e. The number of halogens is 1. The highest BCUT2D eigenvalue weighted by atomic mass is 79.9. The van der Waals surface area contributed by atoms with Gasteiger partial charge in [0, 0.05) is 16.1 Å². The van der Waals surface area contributed by atoms with Crippen molar-refractivity contribution in [2.75, 3.05) is 0 Å². The summed E-state index contributed by atoms with van der Waals surface area (Å²) in [6, 6.07) is 2.11. The minimum atomic E-state index is 1.05. The summed E-state index contributed by atoms with van der Waals surface area (Å²) in [5, 5.41) is 3.38. The Balaban J connectivity index is 2.87. The van der Waals surface area contributed by atoms with Crippen molar-refractivity contribution in [3.63, 3.8) is 0 Å². The van der Waals surface area contributed by atoms with Gasteiger partial charge in [0.2, 0.25) is 0 Å². The third kappa shape index (κ3) is 1.19. The number of nitrogens with zero attached hydrogens (tertiary/aromatic N) is 1. The van der Waals surface area contributed by atoms with Crippen molar-refractivity contribution in [2.24, 2.45) is 0 Å². The van der Waals surface area contributed by atoms with Gasteiger partial charge in [0.25, 0.3) is 0 Å². The fourth-order valence-electron chi connectivity index (χ4n) is 1.01. The van der Waals surface area contributed by atoms with Crippen LogP contribution in [0, 0.1) is 6.92 Å². The summed E-state index contributed by atoms with van der Waals surface area (Å²) in [6.45, 7) is 2.10. The molecule has 1 nitrogen and oxygen atoms in total. The van der Waals surface area contributed by atoms with Crippen LogP contribution in [0.5, 0.6) is 0 Å². The summed E-state index contributed by atoms with van der Waals surface area (Å²) in [5.41, 5.74) is 1.30. The van der Waals surface area contributed by atoms with Gasteiger partial charge in [0.15, 0.2) is 0 Å². The minimum absolute atomic E-state index is 1.05. The van der Waals surface area contributed by atoms with Gasteiger partial charge in [-0.25, -0.2) is 4.98 Å². The molecule has 0 aliphatic heterocycles. The van der Waals surface area contributed by atoms with E-state index in [0.717, 1.165) is 9.30 Å². The Labute approximate surface area is 77.2 Å². The molecule has 0 amide bonds. The number of hydrogen-bond acceptors (Lipinski definition) is 2. The number of hydrogen-bond donors (Lipinski definition) is 0. The number of rotatable bonds is 0. The Morgan fingerprint density at radius 3 is 3.18 bits per heavy atom. The SMILES string of the molecule is Cc1csc2ncc(Br)cc12. The molecule has 2 heterocycles. The summed E-state index contributed by atoms with van der Waals surface area (Å²) >= 11 is 5.08. The van der Waals surface area contributed by atoms with Gasteiger partial charge in [-0.15, -0.1) is 11.3 Å². The maximum Gasteiger partial charge on any atom is 0.123 e. The van der Waals surface area contributed by atoms with E-state index in [1.54, 1.807) is 11.3 Å². The van der Waals surface area contributed by atoms with E-state index in [1.807, 2.05) is 6.20 Å². The molecular weight excluding hydrogens is 222 g/mol. The molecule has 11 heavy (non-hydrogen) atoms. The van der Waals surface area contributed by atoms with Crippen molar-refractivity contribution < 1.29 is 0 Å². The smallest absolute Gasteiger partial charge is 0.123 e. The number of fused-ring (bicyclic) bond motifs is 1. The second kappa shape index (κ2) is 2.57. The van der Waals surface area contributed by atoms with Crippen LogP contribution in [0.15, 0.2) is 22.1 Å². The lowest BCUT2D eigenvalue weighted by Gasteiger charge is -1.90. The van der Waals surface area contributed by atoms with Gasteiger partial charge in [-0.1, -0.05) is 0 Å². The van der Waals surface area contributed by atoms with Crippen LogP contribution in [0.3, 0.4) is 0 Å². The zero-order chi connectivity index (χ0) is 7.84. The van der Waals surface area contributed by atoms with E-state index in [9.17, 15) is 0 Å². The van der Waals surface area contributed by atoms with Crippen molar-refractivity contribution in [3.8, 4) is 0 Å². The number of aromatic nitrogens is 1. The van der Waals surface area contributed by atoms with Gasteiger partial charge in [-0.2, -0.15) is 0 Å². The normalized spacial score (nSPS) is 10.7. The minimum Gasteiger partial charge on any atom is -0.244 e. The van der Waals surface area contributed by atoms with Crippen LogP contribution >= 0.6 is 27.3 Å². The fraction of sp³-hybridized carbons (Fsp3) is 0.125. The molecule has 0 spiro atoms. The Bertz CT molecular complexity index is 394. The molecule has 2 rings (SSSR count). The van der Waals surface area contributed by atoms with Crippen molar-refractivity contribution in [3.05, 3.63) is 27.7 Å². The molecule has 0 bridgehead atoms. The predicted molar refractivity (Wildman–Crippen MR) is 52.1 cm³/mol. The van der Waals surface area contributed by atoms with Crippen LogP contribution in [-0.4, -0.2) is 4.98 Å². The molecule has 0 aromatic carbocycles. The van der Waals surface area contributed by atoms with E-state index in [-0.39, 0.29) is 0 Å². The topological polar surface area (TPSA) is 12.9 Å². The third-order valence-corrected chi connectivity index (χ3v) is 3.04. The van der Waals surface area contributed by atoms with Gasteiger partial charge < -0.3 is 0 Å². The first-order valence-electron chi connectivity index (χ1n) is 3.27. The van der Waals surface area contributed by atoms with Gasteiger partial charge in [0.05, 0.1) is 0 Å². The summed E-state index contributed by atoms with van der Waals surface area (Å²) in [7, 11) is 0. The summed E-state index contributed by atoms with van der Waals surface area (Å²) in [6.07, 6.45) is 1.83. The summed E-state index contributed by atoms with van der Waals surface area (Å²) in [5.74, 6) is 0. The average molecular weight is 228 g/mol. The monoisotopic (exact) mass is 227 g/mol. The molecule has 0 fully saturated rings. The van der Waals surface area contributed by atoms with E-state index in [0.29, 0.717) is 0 Å². The van der Waals surface area contributed by atoms with E-state index >= 15 is 0 Å². The van der Waals surface area contributed by atoms with Crippen LogP contribution in [0.4, 0.5) is 0 Å². The second-order valence-corrected chi connectivity index (χ2v) is 4.20. The van der Waals surface area contributed by atoms with E-state index < -0.39 is 0 Å². The van der Waals surface area contributed by atoms with Crippen LogP contribution in [0.2, 0.25) is 0 Å². The highest BCUT2D eigenvalue weighted by Crippen LogP contribution is 2.25. The quantitative estimate of drug-likeness (QED) is 0.673. The Morgan fingerprint density at radius 1 is 1.55 bits per heavy atom. The first-order chi connectivity index (χ1) is 5.27. The third-order valence-electron chi connectivity index (χ3n) is 1.59. The Kier molecular flexibility index (Phi) is 1.69. The van der Waals surface area contributed by atoms with E-state index in [4.69, 9.17) is 0 Å². The van der Waals surface area contributed by atoms with E-state index in [1.165, 1.54) is 10.9 Å². The van der Waals surface area contributed by atoms with Crippen LogP contribution in [0.25, 0.3) is 10.2 Å². The first kappa shape index (κ1) is 7.25. The second-order valence-electron chi connectivity index (χ2n) is 2.42. The van der Waals surface area contributed by atoms with Gasteiger partial charge in [-0.05, 0) is 39.9 Å². The molecule has 0 aliphatic rings. The van der Waals surface area contributed by atoms with Crippen LogP contribution < -0.4 is 0 Å². The van der Waals surface area contributed by atoms with Crippen molar-refractivity contribution >= 4 is 37.5 Å².